The summed E-state index contributed by atoms with van der Waals surface area (Å²) in [6, 6.07) is 12.0. The summed E-state index contributed by atoms with van der Waals surface area (Å²) in [7, 11) is 0. The van der Waals surface area contributed by atoms with E-state index in [0.717, 1.165) is 0 Å². The molecule has 0 bridgehead atoms. The summed E-state index contributed by atoms with van der Waals surface area (Å²) in [5, 5.41) is 8.56. The molecule has 1 aliphatic rings. The van der Waals surface area contributed by atoms with Crippen LogP contribution in [0.25, 0.3) is 0 Å². The van der Waals surface area contributed by atoms with Crippen LogP contribution in [0.3, 0.4) is 0 Å². The van der Waals surface area contributed by atoms with Crippen LogP contribution in [0.5, 0.6) is 0 Å². The molecule has 76 valence electrons. The average molecular weight is 200 g/mol. The van der Waals surface area contributed by atoms with Crippen molar-refractivity contribution >= 4 is 5.91 Å². The van der Waals surface area contributed by atoms with Gasteiger partial charge < -0.3 is 4.90 Å². The van der Waals surface area contributed by atoms with E-state index in [1.165, 1.54) is 5.56 Å². The lowest BCUT2D eigenvalue weighted by atomic mass is 9.99. The number of hydrogen-bond donors (Lipinski definition) is 0. The Morgan fingerprint density at radius 1 is 1.40 bits per heavy atom. The molecule has 1 unspecified atom stereocenters. The van der Waals surface area contributed by atoms with Gasteiger partial charge in [0.25, 0.3) is 0 Å². The second kappa shape index (κ2) is 4.14. The number of rotatable bonds is 2. The standard InChI is InChI=1S/C12H12N2O/c13-6-7-14-9-11(8-12(14)15)10-4-2-1-3-5-10/h1-5,11H,7-9H2. The molecule has 0 aliphatic carbocycles. The van der Waals surface area contributed by atoms with E-state index >= 15 is 0 Å². The van der Waals surface area contributed by atoms with Crippen molar-refractivity contribution in [1.82, 2.24) is 4.90 Å². The Hall–Kier alpha value is -1.82. The summed E-state index contributed by atoms with van der Waals surface area (Å²) < 4.78 is 0. The normalized spacial score (nSPS) is 20.3. The van der Waals surface area contributed by atoms with Gasteiger partial charge in [-0.25, -0.2) is 0 Å². The van der Waals surface area contributed by atoms with Gasteiger partial charge >= 0.3 is 0 Å². The van der Waals surface area contributed by atoms with E-state index in [9.17, 15) is 4.79 Å². The first-order chi connectivity index (χ1) is 7.31. The quantitative estimate of drug-likeness (QED) is 0.679. The van der Waals surface area contributed by atoms with Crippen LogP contribution in [0.15, 0.2) is 30.3 Å². The van der Waals surface area contributed by atoms with E-state index in [0.29, 0.717) is 13.0 Å². The van der Waals surface area contributed by atoms with Gasteiger partial charge in [-0.3, -0.25) is 4.79 Å². The molecular weight excluding hydrogens is 188 g/mol. The zero-order valence-electron chi connectivity index (χ0n) is 8.39. The van der Waals surface area contributed by atoms with Gasteiger partial charge in [0.1, 0.15) is 6.54 Å². The first kappa shape index (κ1) is 9.72. The number of carbonyl (C=O) groups excluding carboxylic acids is 1. The Balaban J connectivity index is 2.10. The minimum atomic E-state index is 0.0883. The third kappa shape index (κ3) is 1.99. The first-order valence-corrected chi connectivity index (χ1v) is 5.01. The van der Waals surface area contributed by atoms with Crippen LogP contribution < -0.4 is 0 Å². The predicted octanol–water partition coefficient (Wildman–Crippen LogP) is 1.53. The van der Waals surface area contributed by atoms with E-state index in [1.807, 2.05) is 36.4 Å². The molecule has 3 nitrogen and oxygen atoms in total. The van der Waals surface area contributed by atoms with Crippen molar-refractivity contribution in [3.63, 3.8) is 0 Å². The molecule has 1 atom stereocenters. The number of amides is 1. The molecule has 1 heterocycles. The fourth-order valence-electron chi connectivity index (χ4n) is 1.96. The van der Waals surface area contributed by atoms with Gasteiger partial charge in [0.15, 0.2) is 0 Å². The van der Waals surface area contributed by atoms with Gasteiger partial charge in [0, 0.05) is 18.9 Å². The van der Waals surface area contributed by atoms with Crippen LogP contribution in [-0.4, -0.2) is 23.9 Å². The Labute approximate surface area is 88.9 Å². The summed E-state index contributed by atoms with van der Waals surface area (Å²) in [5.74, 6) is 0.345. The largest absolute Gasteiger partial charge is 0.329 e. The van der Waals surface area contributed by atoms with Gasteiger partial charge in [0.2, 0.25) is 5.91 Å². The number of nitrogens with zero attached hydrogens (tertiary/aromatic N) is 2. The number of benzene rings is 1. The molecule has 1 aromatic rings. The molecule has 15 heavy (non-hydrogen) atoms. The highest BCUT2D eigenvalue weighted by molar-refractivity contribution is 5.80. The van der Waals surface area contributed by atoms with Gasteiger partial charge in [-0.05, 0) is 5.56 Å². The third-order valence-corrected chi connectivity index (χ3v) is 2.75. The maximum atomic E-state index is 11.5. The van der Waals surface area contributed by atoms with E-state index in [1.54, 1.807) is 4.90 Å². The third-order valence-electron chi connectivity index (χ3n) is 2.75. The van der Waals surface area contributed by atoms with Crippen LogP contribution in [0, 0.1) is 11.3 Å². The monoisotopic (exact) mass is 200 g/mol. The summed E-state index contributed by atoms with van der Waals surface area (Å²) in [5.41, 5.74) is 1.19. The Bertz CT molecular complexity index is 394. The zero-order valence-corrected chi connectivity index (χ0v) is 8.39. The molecule has 0 radical (unpaired) electrons. The number of hydrogen-bond acceptors (Lipinski definition) is 2. The summed E-state index contributed by atoms with van der Waals surface area (Å²) in [6.07, 6.45) is 0.533. The van der Waals surface area contributed by atoms with Crippen molar-refractivity contribution in [3.05, 3.63) is 35.9 Å². The first-order valence-electron chi connectivity index (χ1n) is 5.01. The van der Waals surface area contributed by atoms with Crippen LogP contribution in [0.2, 0.25) is 0 Å². The Morgan fingerprint density at radius 3 is 2.80 bits per heavy atom. The second-order valence-corrected chi connectivity index (χ2v) is 3.74. The minimum absolute atomic E-state index is 0.0883. The maximum absolute atomic E-state index is 11.5. The van der Waals surface area contributed by atoms with Gasteiger partial charge in [0.05, 0.1) is 6.07 Å². The zero-order chi connectivity index (χ0) is 10.7. The molecule has 0 N–H and O–H groups in total. The topological polar surface area (TPSA) is 44.1 Å². The summed E-state index contributed by atoms with van der Waals surface area (Å²) in [4.78, 5) is 13.1. The molecular formula is C12H12N2O. The molecule has 3 heteroatoms. The molecule has 1 aliphatic heterocycles. The molecule has 2 rings (SSSR count). The molecule has 1 amide bonds. The highest BCUT2D eigenvalue weighted by atomic mass is 16.2. The minimum Gasteiger partial charge on any atom is -0.329 e. The van der Waals surface area contributed by atoms with Crippen LogP contribution >= 0.6 is 0 Å². The van der Waals surface area contributed by atoms with E-state index in [-0.39, 0.29) is 18.4 Å². The highest BCUT2D eigenvalue weighted by Crippen LogP contribution is 2.27. The Kier molecular flexibility index (Phi) is 2.68. The molecule has 0 aromatic heterocycles. The predicted molar refractivity (Wildman–Crippen MR) is 56.0 cm³/mol. The lowest BCUT2D eigenvalue weighted by Crippen LogP contribution is -2.25. The van der Waals surface area contributed by atoms with E-state index in [2.05, 4.69) is 0 Å². The highest BCUT2D eigenvalue weighted by Gasteiger charge is 2.29. The number of likely N-dealkylation sites (tertiary alicyclic amines) is 1. The number of carbonyl (C=O) groups is 1. The molecule has 1 aromatic carbocycles. The molecule has 1 saturated heterocycles. The smallest absolute Gasteiger partial charge is 0.224 e. The summed E-state index contributed by atoms with van der Waals surface area (Å²) >= 11 is 0. The van der Waals surface area contributed by atoms with Crippen molar-refractivity contribution in [2.75, 3.05) is 13.1 Å². The summed E-state index contributed by atoms with van der Waals surface area (Å²) in [6.45, 7) is 0.887. The lowest BCUT2D eigenvalue weighted by molar-refractivity contribution is -0.127. The van der Waals surface area contributed by atoms with E-state index < -0.39 is 0 Å². The van der Waals surface area contributed by atoms with Crippen LogP contribution in [0.1, 0.15) is 17.9 Å². The van der Waals surface area contributed by atoms with E-state index in [4.69, 9.17) is 5.26 Å². The average Bonchev–Trinajstić information content (AvgIpc) is 2.63. The maximum Gasteiger partial charge on any atom is 0.224 e. The van der Waals surface area contributed by atoms with Gasteiger partial charge in [-0.2, -0.15) is 5.26 Å². The molecule has 1 fully saturated rings. The molecule has 0 saturated carbocycles. The van der Waals surface area contributed by atoms with Crippen molar-refractivity contribution in [3.8, 4) is 6.07 Å². The van der Waals surface area contributed by atoms with Crippen molar-refractivity contribution < 1.29 is 4.79 Å². The van der Waals surface area contributed by atoms with Crippen molar-refractivity contribution in [2.24, 2.45) is 0 Å². The Morgan fingerprint density at radius 2 is 2.13 bits per heavy atom. The fourth-order valence-corrected chi connectivity index (χ4v) is 1.96. The van der Waals surface area contributed by atoms with Crippen LogP contribution in [-0.2, 0) is 4.79 Å². The second-order valence-electron chi connectivity index (χ2n) is 3.74. The lowest BCUT2D eigenvalue weighted by Gasteiger charge is -2.12. The van der Waals surface area contributed by atoms with Crippen molar-refractivity contribution in [2.45, 2.75) is 12.3 Å². The fraction of sp³-hybridized carbons (Fsp3) is 0.333. The van der Waals surface area contributed by atoms with Gasteiger partial charge in [-0.15, -0.1) is 0 Å². The van der Waals surface area contributed by atoms with Crippen molar-refractivity contribution in [1.29, 1.82) is 5.26 Å². The van der Waals surface area contributed by atoms with Gasteiger partial charge in [-0.1, -0.05) is 30.3 Å². The number of nitriles is 1. The SMILES string of the molecule is N#CCN1CC(c2ccccc2)CC1=O. The molecule has 0 spiro atoms. The van der Waals surface area contributed by atoms with Crippen LogP contribution in [0.4, 0.5) is 0 Å².